The smallest absolute Gasteiger partial charge is 0.137 e. The molecule has 0 spiro atoms. The maximum Gasteiger partial charge on any atom is 0.137 e. The number of nitrogens with one attached hydrogen (secondary N) is 1. The average Bonchev–Trinajstić information content (AvgIpc) is 3.32. The van der Waals surface area contributed by atoms with Crippen molar-refractivity contribution in [2.45, 2.75) is 25.7 Å². The van der Waals surface area contributed by atoms with Crippen molar-refractivity contribution in [2.75, 3.05) is 18.0 Å². The molecule has 2 aliphatic rings. The van der Waals surface area contributed by atoms with Crippen molar-refractivity contribution in [3.05, 3.63) is 71.6 Å². The average molecular weight is 329 g/mol. The number of pyridine rings is 1. The molecule has 0 radical (unpaired) electrons. The molecule has 2 unspecified atom stereocenters. The van der Waals surface area contributed by atoms with Crippen LogP contribution in [0.4, 0.5) is 5.69 Å². The molecular formula is C22H23N3. The Morgan fingerprint density at radius 2 is 2.00 bits per heavy atom. The number of rotatable bonds is 3. The SMILES string of the molecule is Cc1c(N2CC=C(C3CC3c3ccccc3)CC2)cnc2[nH]ccc12. The standard InChI is InChI=1S/C22H23N3/c1-15-18-7-10-23-22(18)24-14-21(15)25-11-8-17(9-12-25)20-13-19(20)16-5-3-2-4-6-16/h2-8,10,14,19-20H,9,11-13H2,1H3,(H,23,24). The first-order valence-corrected chi connectivity index (χ1v) is 9.23. The van der Waals surface area contributed by atoms with Gasteiger partial charge in [0.1, 0.15) is 5.65 Å². The summed E-state index contributed by atoms with van der Waals surface area (Å²) in [4.78, 5) is 10.2. The van der Waals surface area contributed by atoms with Gasteiger partial charge in [0.05, 0.1) is 11.9 Å². The van der Waals surface area contributed by atoms with Crippen molar-refractivity contribution < 1.29 is 0 Å². The largest absolute Gasteiger partial charge is 0.366 e. The summed E-state index contributed by atoms with van der Waals surface area (Å²) in [7, 11) is 0. The summed E-state index contributed by atoms with van der Waals surface area (Å²) in [5.41, 5.74) is 6.76. The van der Waals surface area contributed by atoms with E-state index in [0.29, 0.717) is 0 Å². The third-order valence-corrected chi connectivity index (χ3v) is 5.91. The summed E-state index contributed by atoms with van der Waals surface area (Å²) in [6.07, 6.45) is 8.97. The third-order valence-electron chi connectivity index (χ3n) is 5.91. The van der Waals surface area contributed by atoms with Crippen LogP contribution in [0.2, 0.25) is 0 Å². The van der Waals surface area contributed by atoms with E-state index in [1.165, 1.54) is 35.0 Å². The van der Waals surface area contributed by atoms with Gasteiger partial charge in [-0.25, -0.2) is 4.98 Å². The molecule has 1 fully saturated rings. The lowest BCUT2D eigenvalue weighted by atomic mass is 9.99. The van der Waals surface area contributed by atoms with Gasteiger partial charge in [-0.05, 0) is 48.8 Å². The van der Waals surface area contributed by atoms with Gasteiger partial charge < -0.3 is 9.88 Å². The normalized spacial score (nSPS) is 22.9. The molecule has 3 nitrogen and oxygen atoms in total. The number of aryl methyl sites for hydroxylation is 1. The molecule has 3 heterocycles. The van der Waals surface area contributed by atoms with E-state index in [4.69, 9.17) is 0 Å². The number of aromatic nitrogens is 2. The Morgan fingerprint density at radius 1 is 1.12 bits per heavy atom. The van der Waals surface area contributed by atoms with Gasteiger partial charge in [-0.2, -0.15) is 0 Å². The molecular weight excluding hydrogens is 306 g/mol. The predicted octanol–water partition coefficient (Wildman–Crippen LogP) is 4.81. The summed E-state index contributed by atoms with van der Waals surface area (Å²) in [5.74, 6) is 1.52. The molecule has 3 aromatic rings. The third kappa shape index (κ3) is 2.55. The van der Waals surface area contributed by atoms with Gasteiger partial charge >= 0.3 is 0 Å². The van der Waals surface area contributed by atoms with Crippen LogP contribution in [0.15, 0.2) is 60.4 Å². The molecule has 1 N–H and O–H groups in total. The van der Waals surface area contributed by atoms with Crippen molar-refractivity contribution in [3.63, 3.8) is 0 Å². The Morgan fingerprint density at radius 3 is 2.80 bits per heavy atom. The fourth-order valence-corrected chi connectivity index (χ4v) is 4.36. The van der Waals surface area contributed by atoms with Gasteiger partial charge in [-0.15, -0.1) is 0 Å². The summed E-state index contributed by atoms with van der Waals surface area (Å²) in [6, 6.07) is 13.1. The molecule has 1 saturated carbocycles. The number of hydrogen-bond acceptors (Lipinski definition) is 2. The zero-order valence-corrected chi connectivity index (χ0v) is 14.6. The second kappa shape index (κ2) is 5.76. The monoisotopic (exact) mass is 329 g/mol. The molecule has 25 heavy (non-hydrogen) atoms. The van der Waals surface area contributed by atoms with Gasteiger partial charge in [-0.1, -0.05) is 42.0 Å². The molecule has 2 atom stereocenters. The second-order valence-electron chi connectivity index (χ2n) is 7.34. The van der Waals surface area contributed by atoms with Gasteiger partial charge in [0, 0.05) is 24.7 Å². The molecule has 3 heteroatoms. The molecule has 126 valence electrons. The lowest BCUT2D eigenvalue weighted by molar-refractivity contribution is 0.732. The summed E-state index contributed by atoms with van der Waals surface area (Å²) < 4.78 is 0. The number of nitrogens with zero attached hydrogens (tertiary/aromatic N) is 2. The highest BCUT2D eigenvalue weighted by Gasteiger charge is 2.41. The van der Waals surface area contributed by atoms with Crippen molar-refractivity contribution >= 4 is 16.7 Å². The van der Waals surface area contributed by atoms with E-state index in [0.717, 1.165) is 30.6 Å². The second-order valence-corrected chi connectivity index (χ2v) is 7.34. The highest BCUT2D eigenvalue weighted by atomic mass is 15.1. The zero-order chi connectivity index (χ0) is 16.8. The van der Waals surface area contributed by atoms with Crippen LogP contribution in [0.1, 0.15) is 29.9 Å². The summed E-state index contributed by atoms with van der Waals surface area (Å²) in [6.45, 7) is 4.31. The van der Waals surface area contributed by atoms with Crippen LogP contribution in [0, 0.1) is 12.8 Å². The minimum atomic E-state index is 0.749. The first kappa shape index (κ1) is 14.8. The van der Waals surface area contributed by atoms with Gasteiger partial charge in [-0.3, -0.25) is 0 Å². The van der Waals surface area contributed by atoms with E-state index in [1.807, 2.05) is 12.4 Å². The molecule has 1 aliphatic carbocycles. The topological polar surface area (TPSA) is 31.9 Å². The number of anilines is 1. The summed E-state index contributed by atoms with van der Waals surface area (Å²) in [5, 5.41) is 1.23. The van der Waals surface area contributed by atoms with Crippen LogP contribution >= 0.6 is 0 Å². The molecule has 0 amide bonds. The Balaban J connectivity index is 1.33. The highest BCUT2D eigenvalue weighted by molar-refractivity contribution is 5.84. The molecule has 0 saturated heterocycles. The van der Waals surface area contributed by atoms with Crippen molar-refractivity contribution in [3.8, 4) is 0 Å². The van der Waals surface area contributed by atoms with Crippen molar-refractivity contribution in [2.24, 2.45) is 5.92 Å². The molecule has 1 aromatic carbocycles. The molecule has 0 bridgehead atoms. The fourth-order valence-electron chi connectivity index (χ4n) is 4.36. The maximum absolute atomic E-state index is 4.58. The van der Waals surface area contributed by atoms with E-state index in [1.54, 1.807) is 5.57 Å². The Labute approximate surface area is 148 Å². The lowest BCUT2D eigenvalue weighted by Crippen LogP contribution is -2.29. The molecule has 5 rings (SSSR count). The Hall–Kier alpha value is -2.55. The van der Waals surface area contributed by atoms with Crippen LogP contribution in [-0.4, -0.2) is 23.1 Å². The van der Waals surface area contributed by atoms with Gasteiger partial charge in [0.15, 0.2) is 0 Å². The number of fused-ring (bicyclic) bond motifs is 1. The lowest BCUT2D eigenvalue weighted by Gasteiger charge is -2.30. The number of H-pyrrole nitrogens is 1. The molecule has 1 aliphatic heterocycles. The van der Waals surface area contributed by atoms with Crippen LogP contribution < -0.4 is 4.90 Å². The molecule has 2 aromatic heterocycles. The predicted molar refractivity (Wildman–Crippen MR) is 103 cm³/mol. The zero-order valence-electron chi connectivity index (χ0n) is 14.6. The number of hydrogen-bond donors (Lipinski definition) is 1. The van der Waals surface area contributed by atoms with E-state index < -0.39 is 0 Å². The van der Waals surface area contributed by atoms with E-state index in [2.05, 4.69) is 64.3 Å². The Kier molecular flexibility index (Phi) is 3.40. The highest BCUT2D eigenvalue weighted by Crippen LogP contribution is 2.53. The van der Waals surface area contributed by atoms with Gasteiger partial charge in [0.2, 0.25) is 0 Å². The number of aromatic amines is 1. The minimum absolute atomic E-state index is 0.749. The van der Waals surface area contributed by atoms with Crippen LogP contribution in [0.3, 0.4) is 0 Å². The van der Waals surface area contributed by atoms with Crippen molar-refractivity contribution in [1.29, 1.82) is 0 Å². The van der Waals surface area contributed by atoms with Crippen LogP contribution in [0.5, 0.6) is 0 Å². The van der Waals surface area contributed by atoms with E-state index >= 15 is 0 Å². The van der Waals surface area contributed by atoms with E-state index in [9.17, 15) is 0 Å². The summed E-state index contributed by atoms with van der Waals surface area (Å²) >= 11 is 0. The van der Waals surface area contributed by atoms with Crippen LogP contribution in [0.25, 0.3) is 11.0 Å². The van der Waals surface area contributed by atoms with E-state index in [-0.39, 0.29) is 0 Å². The first-order valence-electron chi connectivity index (χ1n) is 9.23. The first-order chi connectivity index (χ1) is 12.3. The van der Waals surface area contributed by atoms with Gasteiger partial charge in [0.25, 0.3) is 0 Å². The number of benzene rings is 1. The Bertz CT molecular complexity index is 938. The fraction of sp³-hybridized carbons (Fsp3) is 0.318. The quantitative estimate of drug-likeness (QED) is 0.699. The van der Waals surface area contributed by atoms with Crippen molar-refractivity contribution in [1.82, 2.24) is 9.97 Å². The minimum Gasteiger partial charge on any atom is -0.366 e. The maximum atomic E-state index is 4.58. The van der Waals surface area contributed by atoms with Crippen LogP contribution in [-0.2, 0) is 0 Å².